The molecule has 12 heavy (non-hydrogen) atoms. The van der Waals surface area contributed by atoms with Gasteiger partial charge in [0.25, 0.3) is 0 Å². The molecule has 0 fully saturated rings. The minimum absolute atomic E-state index is 0.144. The molecular weight excluding hydrogens is 288 g/mol. The molecule has 0 aromatic carbocycles. The topological polar surface area (TPSA) is 37.3 Å². The molecular formula is C8H14Br2O2. The molecule has 0 radical (unpaired) electrons. The van der Waals surface area contributed by atoms with E-state index in [2.05, 4.69) is 31.9 Å². The maximum absolute atomic E-state index is 10.3. The second-order valence-electron chi connectivity index (χ2n) is 2.73. The fraction of sp³-hybridized carbons (Fsp3) is 0.875. The molecule has 72 valence electrons. The number of carboxylic acid groups (broad SMARTS) is 1. The number of alkyl halides is 2. The van der Waals surface area contributed by atoms with Crippen LogP contribution in [0.15, 0.2) is 0 Å². The number of hydrogen-bond acceptors (Lipinski definition) is 1. The first-order chi connectivity index (χ1) is 5.66. The Balaban J connectivity index is 3.19. The fourth-order valence-electron chi connectivity index (χ4n) is 0.929. The summed E-state index contributed by atoms with van der Waals surface area (Å²) in [6.45, 7) is 0. The molecule has 0 saturated heterocycles. The molecule has 0 amide bonds. The molecule has 4 heteroatoms. The van der Waals surface area contributed by atoms with Crippen molar-refractivity contribution in [1.82, 2.24) is 0 Å². The van der Waals surface area contributed by atoms with Gasteiger partial charge in [-0.15, -0.1) is 0 Å². The number of rotatable bonds is 7. The van der Waals surface area contributed by atoms with Gasteiger partial charge in [-0.05, 0) is 12.8 Å². The van der Waals surface area contributed by atoms with E-state index in [-0.39, 0.29) is 11.2 Å². The Labute approximate surface area is 90.0 Å². The fourth-order valence-corrected chi connectivity index (χ4v) is 1.93. The molecule has 0 heterocycles. The van der Waals surface area contributed by atoms with Gasteiger partial charge in [0.15, 0.2) is 0 Å². The second kappa shape index (κ2) is 8.05. The molecule has 2 nitrogen and oxygen atoms in total. The summed E-state index contributed by atoms with van der Waals surface area (Å²) < 4.78 is 0. The van der Waals surface area contributed by atoms with Crippen LogP contribution in [0.25, 0.3) is 0 Å². The van der Waals surface area contributed by atoms with Crippen molar-refractivity contribution in [2.24, 2.45) is 0 Å². The van der Waals surface area contributed by atoms with Crippen LogP contribution in [0.3, 0.4) is 0 Å². The Morgan fingerprint density at radius 2 is 2.00 bits per heavy atom. The van der Waals surface area contributed by atoms with Crippen molar-refractivity contribution in [1.29, 1.82) is 0 Å². The van der Waals surface area contributed by atoms with Gasteiger partial charge in [-0.3, -0.25) is 4.79 Å². The number of hydrogen-bond donors (Lipinski definition) is 1. The molecule has 0 aliphatic rings. The van der Waals surface area contributed by atoms with Crippen LogP contribution in [0.4, 0.5) is 0 Å². The summed E-state index contributed by atoms with van der Waals surface area (Å²) in [7, 11) is 0. The molecule has 0 saturated carbocycles. The predicted octanol–water partition coefficient (Wildman–Crippen LogP) is 3.18. The van der Waals surface area contributed by atoms with Gasteiger partial charge in [0.1, 0.15) is 0 Å². The molecule has 1 N–H and O–H groups in total. The Morgan fingerprint density at radius 1 is 1.33 bits per heavy atom. The average Bonchev–Trinajstić information content (AvgIpc) is 1.97. The first-order valence-corrected chi connectivity index (χ1v) is 6.12. The maximum Gasteiger partial charge on any atom is 0.304 e. The smallest absolute Gasteiger partial charge is 0.304 e. The van der Waals surface area contributed by atoms with Crippen LogP contribution in [-0.4, -0.2) is 21.2 Å². The monoisotopic (exact) mass is 300 g/mol. The Bertz CT molecular complexity index is 128. The lowest BCUT2D eigenvalue weighted by Gasteiger charge is -2.05. The van der Waals surface area contributed by atoms with E-state index in [0.29, 0.717) is 0 Å². The Hall–Kier alpha value is 0.430. The standard InChI is InChI=1S/C8H14Br2O2/c9-5-3-1-2-4-7(10)6-8(11)12/h7H,1-6H2,(H,11,12). The van der Waals surface area contributed by atoms with E-state index >= 15 is 0 Å². The molecule has 0 bridgehead atoms. The van der Waals surface area contributed by atoms with Crippen molar-refractivity contribution < 1.29 is 9.90 Å². The SMILES string of the molecule is O=C(O)CC(Br)CCCCCBr. The summed E-state index contributed by atoms with van der Waals surface area (Å²) in [5.41, 5.74) is 0. The highest BCUT2D eigenvalue weighted by Gasteiger charge is 2.07. The summed E-state index contributed by atoms with van der Waals surface area (Å²) in [5.74, 6) is -0.725. The van der Waals surface area contributed by atoms with Crippen LogP contribution in [0.2, 0.25) is 0 Å². The minimum Gasteiger partial charge on any atom is -0.481 e. The van der Waals surface area contributed by atoms with Crippen molar-refractivity contribution in [2.45, 2.75) is 36.9 Å². The zero-order chi connectivity index (χ0) is 9.40. The van der Waals surface area contributed by atoms with E-state index in [1.165, 1.54) is 12.8 Å². The van der Waals surface area contributed by atoms with E-state index in [1.54, 1.807) is 0 Å². The molecule has 0 aromatic heterocycles. The normalized spacial score (nSPS) is 12.8. The molecule has 1 unspecified atom stereocenters. The van der Waals surface area contributed by atoms with Crippen LogP contribution in [0.5, 0.6) is 0 Å². The van der Waals surface area contributed by atoms with E-state index in [0.717, 1.165) is 18.2 Å². The number of carbonyl (C=O) groups is 1. The van der Waals surface area contributed by atoms with Gasteiger partial charge in [0.2, 0.25) is 0 Å². The van der Waals surface area contributed by atoms with Gasteiger partial charge >= 0.3 is 5.97 Å². The van der Waals surface area contributed by atoms with E-state index in [4.69, 9.17) is 5.11 Å². The first kappa shape index (κ1) is 12.4. The van der Waals surface area contributed by atoms with Gasteiger partial charge < -0.3 is 5.11 Å². The molecule has 0 aromatic rings. The number of carboxylic acids is 1. The van der Waals surface area contributed by atoms with E-state index in [9.17, 15) is 4.79 Å². The third-order valence-corrected chi connectivity index (χ3v) is 2.89. The summed E-state index contributed by atoms with van der Waals surface area (Å²) in [5, 5.41) is 9.49. The zero-order valence-corrected chi connectivity index (χ0v) is 10.1. The molecule has 0 rings (SSSR count). The number of unbranched alkanes of at least 4 members (excludes halogenated alkanes) is 2. The third kappa shape index (κ3) is 8.53. The van der Waals surface area contributed by atoms with Gasteiger partial charge in [-0.2, -0.15) is 0 Å². The predicted molar refractivity (Wildman–Crippen MR) is 57.2 cm³/mol. The van der Waals surface area contributed by atoms with E-state index in [1.807, 2.05) is 0 Å². The first-order valence-electron chi connectivity index (χ1n) is 4.08. The lowest BCUT2D eigenvalue weighted by atomic mass is 10.1. The lowest BCUT2D eigenvalue weighted by Crippen LogP contribution is -2.06. The van der Waals surface area contributed by atoms with Crippen LogP contribution < -0.4 is 0 Å². The molecule has 1 atom stereocenters. The quantitative estimate of drug-likeness (QED) is 0.579. The Morgan fingerprint density at radius 3 is 2.50 bits per heavy atom. The highest BCUT2D eigenvalue weighted by Crippen LogP contribution is 2.14. The highest BCUT2D eigenvalue weighted by molar-refractivity contribution is 9.09. The zero-order valence-electron chi connectivity index (χ0n) is 6.93. The summed E-state index contributed by atoms with van der Waals surface area (Å²) in [6.07, 6.45) is 4.64. The molecule has 0 aliphatic carbocycles. The van der Waals surface area contributed by atoms with Crippen molar-refractivity contribution in [2.75, 3.05) is 5.33 Å². The molecule has 0 spiro atoms. The second-order valence-corrected chi connectivity index (χ2v) is 4.82. The van der Waals surface area contributed by atoms with Gasteiger partial charge in [0.05, 0.1) is 6.42 Å². The average molecular weight is 302 g/mol. The Kier molecular flexibility index (Phi) is 8.34. The van der Waals surface area contributed by atoms with Crippen molar-refractivity contribution in [3.05, 3.63) is 0 Å². The highest BCUT2D eigenvalue weighted by atomic mass is 79.9. The third-order valence-electron chi connectivity index (χ3n) is 1.55. The largest absolute Gasteiger partial charge is 0.481 e. The van der Waals surface area contributed by atoms with Gasteiger partial charge in [0, 0.05) is 10.2 Å². The van der Waals surface area contributed by atoms with Crippen molar-refractivity contribution >= 4 is 37.8 Å². The number of aliphatic carboxylic acids is 1. The summed E-state index contributed by atoms with van der Waals surface area (Å²) in [4.78, 5) is 10.4. The van der Waals surface area contributed by atoms with Crippen LogP contribution in [0, 0.1) is 0 Å². The van der Waals surface area contributed by atoms with Gasteiger partial charge in [-0.25, -0.2) is 0 Å². The van der Waals surface area contributed by atoms with E-state index < -0.39 is 5.97 Å². The molecule has 0 aliphatic heterocycles. The summed E-state index contributed by atoms with van der Waals surface area (Å²) in [6, 6.07) is 0. The van der Waals surface area contributed by atoms with Gasteiger partial charge in [-0.1, -0.05) is 44.7 Å². The maximum atomic E-state index is 10.3. The summed E-state index contributed by atoms with van der Waals surface area (Å²) >= 11 is 6.69. The van der Waals surface area contributed by atoms with Crippen LogP contribution in [-0.2, 0) is 4.79 Å². The van der Waals surface area contributed by atoms with Crippen LogP contribution >= 0.6 is 31.9 Å². The lowest BCUT2D eigenvalue weighted by molar-refractivity contribution is -0.136. The van der Waals surface area contributed by atoms with Crippen molar-refractivity contribution in [3.8, 4) is 0 Å². The minimum atomic E-state index is -0.725. The van der Waals surface area contributed by atoms with Crippen molar-refractivity contribution in [3.63, 3.8) is 0 Å². The van der Waals surface area contributed by atoms with Crippen LogP contribution in [0.1, 0.15) is 32.1 Å². The number of halogens is 2.